The molecule has 0 bridgehead atoms. The molecule has 2 aromatic carbocycles. The lowest BCUT2D eigenvalue weighted by Gasteiger charge is -2.33. The van der Waals surface area contributed by atoms with Crippen molar-refractivity contribution in [1.82, 2.24) is 10.2 Å². The molecule has 1 aliphatic rings. The zero-order valence-corrected chi connectivity index (χ0v) is 15.3. The van der Waals surface area contributed by atoms with Crippen molar-refractivity contribution in [1.29, 1.82) is 0 Å². The molecule has 1 N–H and O–H groups in total. The molecule has 1 amide bonds. The summed E-state index contributed by atoms with van der Waals surface area (Å²) < 4.78 is 5.77. The first-order valence-corrected chi connectivity index (χ1v) is 8.98. The third-order valence-corrected chi connectivity index (χ3v) is 4.52. The monoisotopic (exact) mass is 378 g/mol. The molecule has 6 heteroatoms. The highest BCUT2D eigenvalue weighted by molar-refractivity contribution is 6.35. The number of nitrogens with one attached hydrogen (secondary N) is 1. The van der Waals surface area contributed by atoms with E-state index in [0.29, 0.717) is 28.8 Å². The van der Waals surface area contributed by atoms with E-state index < -0.39 is 0 Å². The highest BCUT2D eigenvalue weighted by Crippen LogP contribution is 2.19. The fourth-order valence-corrected chi connectivity index (χ4v) is 3.41. The fourth-order valence-electron chi connectivity index (χ4n) is 2.88. The molecule has 0 saturated carbocycles. The molecule has 1 fully saturated rings. The number of rotatable bonds is 5. The molecule has 1 atom stereocenters. The normalized spacial score (nSPS) is 18.1. The minimum absolute atomic E-state index is 0.0314. The number of amides is 1. The van der Waals surface area contributed by atoms with E-state index in [4.69, 9.17) is 27.9 Å². The van der Waals surface area contributed by atoms with Gasteiger partial charge in [-0.2, -0.15) is 0 Å². The summed E-state index contributed by atoms with van der Waals surface area (Å²) in [5.74, 6) is -0.201. The van der Waals surface area contributed by atoms with E-state index in [0.717, 1.165) is 19.6 Å². The molecule has 4 nitrogen and oxygen atoms in total. The van der Waals surface area contributed by atoms with Crippen LogP contribution < -0.4 is 5.32 Å². The Bertz CT molecular complexity index is 704. The summed E-state index contributed by atoms with van der Waals surface area (Å²) in [6.45, 7) is 3.68. The Kier molecular flexibility index (Phi) is 6.32. The van der Waals surface area contributed by atoms with Gasteiger partial charge in [-0.1, -0.05) is 53.5 Å². The van der Waals surface area contributed by atoms with Gasteiger partial charge >= 0.3 is 0 Å². The minimum Gasteiger partial charge on any atom is -0.374 e. The summed E-state index contributed by atoms with van der Waals surface area (Å²) >= 11 is 11.9. The van der Waals surface area contributed by atoms with Gasteiger partial charge in [0.15, 0.2) is 0 Å². The van der Waals surface area contributed by atoms with Crippen LogP contribution in [0.1, 0.15) is 15.9 Å². The Morgan fingerprint density at radius 2 is 1.88 bits per heavy atom. The number of carbonyl (C=O) groups excluding carboxylic acids is 1. The maximum Gasteiger partial charge on any atom is 0.251 e. The van der Waals surface area contributed by atoms with Crippen LogP contribution in [0.2, 0.25) is 10.0 Å². The smallest absolute Gasteiger partial charge is 0.251 e. The molecule has 1 unspecified atom stereocenters. The molecule has 1 aliphatic heterocycles. The maximum atomic E-state index is 12.3. The number of hydrogen-bond donors (Lipinski definition) is 1. The van der Waals surface area contributed by atoms with E-state index in [1.807, 2.05) is 18.2 Å². The van der Waals surface area contributed by atoms with Crippen LogP contribution in [0, 0.1) is 0 Å². The van der Waals surface area contributed by atoms with Crippen LogP contribution in [0.25, 0.3) is 0 Å². The van der Waals surface area contributed by atoms with Gasteiger partial charge in [0.1, 0.15) is 0 Å². The largest absolute Gasteiger partial charge is 0.374 e. The first kappa shape index (κ1) is 18.2. The van der Waals surface area contributed by atoms with Gasteiger partial charge in [-0.05, 0) is 23.8 Å². The van der Waals surface area contributed by atoms with Crippen LogP contribution in [0.4, 0.5) is 0 Å². The third kappa shape index (κ3) is 5.44. The van der Waals surface area contributed by atoms with E-state index >= 15 is 0 Å². The lowest BCUT2D eigenvalue weighted by Crippen LogP contribution is -2.47. The Morgan fingerprint density at radius 3 is 2.60 bits per heavy atom. The lowest BCUT2D eigenvalue weighted by atomic mass is 10.2. The average molecular weight is 379 g/mol. The quantitative estimate of drug-likeness (QED) is 0.863. The molecule has 2 aromatic rings. The van der Waals surface area contributed by atoms with Gasteiger partial charge in [-0.25, -0.2) is 0 Å². The number of benzene rings is 2. The van der Waals surface area contributed by atoms with Gasteiger partial charge in [0.25, 0.3) is 5.91 Å². The lowest BCUT2D eigenvalue weighted by molar-refractivity contribution is -0.0292. The second-order valence-corrected chi connectivity index (χ2v) is 6.95. The van der Waals surface area contributed by atoms with Crippen molar-refractivity contribution in [2.45, 2.75) is 12.6 Å². The molecule has 3 rings (SSSR count). The second kappa shape index (κ2) is 8.68. The molecule has 0 aromatic heterocycles. The van der Waals surface area contributed by atoms with Gasteiger partial charge in [-0.15, -0.1) is 0 Å². The number of carbonyl (C=O) groups is 1. The molecule has 0 spiro atoms. The summed E-state index contributed by atoms with van der Waals surface area (Å²) in [6.07, 6.45) is -0.0314. The van der Waals surface area contributed by atoms with Crippen molar-refractivity contribution in [2.24, 2.45) is 0 Å². The van der Waals surface area contributed by atoms with Gasteiger partial charge in [-0.3, -0.25) is 9.69 Å². The third-order valence-electron chi connectivity index (χ3n) is 4.09. The van der Waals surface area contributed by atoms with Crippen molar-refractivity contribution in [3.05, 3.63) is 69.7 Å². The maximum absolute atomic E-state index is 12.3. The highest BCUT2D eigenvalue weighted by Gasteiger charge is 2.21. The van der Waals surface area contributed by atoms with Crippen molar-refractivity contribution in [3.8, 4) is 0 Å². The average Bonchev–Trinajstić information content (AvgIpc) is 2.60. The number of nitrogens with zero attached hydrogens (tertiary/aromatic N) is 1. The summed E-state index contributed by atoms with van der Waals surface area (Å²) in [5.41, 5.74) is 1.73. The van der Waals surface area contributed by atoms with Crippen LogP contribution in [0.15, 0.2) is 48.5 Å². The topological polar surface area (TPSA) is 41.6 Å². The zero-order valence-electron chi connectivity index (χ0n) is 13.8. The first-order valence-electron chi connectivity index (χ1n) is 8.22. The Hall–Kier alpha value is -1.59. The van der Waals surface area contributed by atoms with Crippen molar-refractivity contribution in [2.75, 3.05) is 26.2 Å². The minimum atomic E-state index is -0.201. The molecule has 25 heavy (non-hydrogen) atoms. The molecule has 0 radical (unpaired) electrons. The van der Waals surface area contributed by atoms with Crippen LogP contribution >= 0.6 is 23.2 Å². The van der Waals surface area contributed by atoms with E-state index in [1.54, 1.807) is 18.2 Å². The number of ether oxygens (including phenoxy) is 1. The van der Waals surface area contributed by atoms with Gasteiger partial charge in [0, 0.05) is 41.8 Å². The molecular weight excluding hydrogens is 359 g/mol. The molecule has 1 heterocycles. The Morgan fingerprint density at radius 1 is 1.16 bits per heavy atom. The predicted octanol–water partition coefficient (Wildman–Crippen LogP) is 3.62. The molecule has 0 aliphatic carbocycles. The van der Waals surface area contributed by atoms with Crippen LogP contribution in [-0.2, 0) is 11.3 Å². The van der Waals surface area contributed by atoms with Crippen molar-refractivity contribution >= 4 is 29.1 Å². The number of morpholine rings is 1. The van der Waals surface area contributed by atoms with E-state index in [9.17, 15) is 4.79 Å². The molecular formula is C19H20Cl2N2O2. The molecule has 132 valence electrons. The van der Waals surface area contributed by atoms with E-state index in [1.165, 1.54) is 5.56 Å². The van der Waals surface area contributed by atoms with Crippen LogP contribution in [0.5, 0.6) is 0 Å². The van der Waals surface area contributed by atoms with Gasteiger partial charge in [0.05, 0.1) is 12.7 Å². The zero-order chi connectivity index (χ0) is 17.6. The van der Waals surface area contributed by atoms with Gasteiger partial charge in [0.2, 0.25) is 0 Å². The van der Waals surface area contributed by atoms with E-state index in [2.05, 4.69) is 22.3 Å². The first-order chi connectivity index (χ1) is 12.1. The SMILES string of the molecule is O=C(NCC1CN(Cc2ccccc2)CCO1)c1cc(Cl)cc(Cl)c1. The van der Waals surface area contributed by atoms with Gasteiger partial charge < -0.3 is 10.1 Å². The van der Waals surface area contributed by atoms with Crippen molar-refractivity contribution in [3.63, 3.8) is 0 Å². The second-order valence-electron chi connectivity index (χ2n) is 6.08. The standard InChI is InChI=1S/C19H20Cl2N2O2/c20-16-8-15(9-17(21)10-16)19(24)22-11-18-13-23(6-7-25-18)12-14-4-2-1-3-5-14/h1-5,8-10,18H,6-7,11-13H2,(H,22,24). The summed E-state index contributed by atoms with van der Waals surface area (Å²) in [4.78, 5) is 14.6. The summed E-state index contributed by atoms with van der Waals surface area (Å²) in [6, 6.07) is 15.2. The predicted molar refractivity (Wildman–Crippen MR) is 100 cm³/mol. The number of hydrogen-bond acceptors (Lipinski definition) is 3. The fraction of sp³-hybridized carbons (Fsp3) is 0.316. The molecule has 1 saturated heterocycles. The van der Waals surface area contributed by atoms with Crippen LogP contribution in [0.3, 0.4) is 0 Å². The van der Waals surface area contributed by atoms with Crippen molar-refractivity contribution < 1.29 is 9.53 Å². The Labute approximate surface area is 157 Å². The van der Waals surface area contributed by atoms with E-state index in [-0.39, 0.29) is 12.0 Å². The summed E-state index contributed by atoms with van der Waals surface area (Å²) in [7, 11) is 0. The Balaban J connectivity index is 1.51. The van der Waals surface area contributed by atoms with Crippen LogP contribution in [-0.4, -0.2) is 43.2 Å². The highest BCUT2D eigenvalue weighted by atomic mass is 35.5. The summed E-state index contributed by atoms with van der Waals surface area (Å²) in [5, 5.41) is 3.79. The number of halogens is 2.